The number of alkyl halides is 2. The molecular formula is C133H178Br2O13. The average Bonchev–Trinajstić information content (AvgIpc) is 0.716. The summed E-state index contributed by atoms with van der Waals surface area (Å²) in [5.41, 5.74) is 20.4. The normalized spacial score (nSPS) is 16.1. The summed E-state index contributed by atoms with van der Waals surface area (Å²) in [6.45, 7) is 76.6. The number of ether oxygens (including phenoxy) is 8. The fourth-order valence-corrected chi connectivity index (χ4v) is 17.5. The smallest absolute Gasteiger partial charge is 0.231 e. The number of hydrogen-bond acceptors (Lipinski definition) is 13. The topological polar surface area (TPSA) is 175 Å². The van der Waals surface area contributed by atoms with Gasteiger partial charge in [-0.15, -0.1) is 0 Å². The fraction of sp³-hybridized carbons (Fsp3) is 0.609. The van der Waals surface area contributed by atoms with Gasteiger partial charge in [-0.1, -0.05) is 453 Å². The molecule has 8 bridgehead atoms. The lowest BCUT2D eigenvalue weighted by atomic mass is 9.74. The maximum Gasteiger partial charge on any atom is 0.231 e. The number of halogens is 2. The summed E-state index contributed by atoms with van der Waals surface area (Å²) in [6.07, 6.45) is 17.5. The number of allylic oxidation sites excluding steroid dienone is 4. The van der Waals surface area contributed by atoms with Gasteiger partial charge in [0, 0.05) is 116 Å². The summed E-state index contributed by atoms with van der Waals surface area (Å²) >= 11 is 6.70. The molecule has 0 fully saturated rings. The molecule has 802 valence electrons. The second-order valence-corrected chi connectivity index (χ2v) is 54.6. The zero-order chi connectivity index (χ0) is 111. The first-order valence-corrected chi connectivity index (χ1v) is 56.1. The van der Waals surface area contributed by atoms with Gasteiger partial charge in [0.05, 0.1) is 55.5 Å². The SMILES string of the molecule is CCCCCCC1c2cc3c4c(C#CC(=C=C(C#CC(C)(C)O)C(C)(C)C)C(C)(C)C)c2OCOc2c1cc1c(c2C#CC(=C=C(C#CC(C)(C)O)C(C)(C)C)C(C)(C)C)OCOc2c(cc5c(c2C#CC(=C=C(C#CC(C)(C)O)C(C)(C)C)C(C)(C)C)OCOc2c(cc(c(c2C#CC(=C=C(C#CC(C)(C)O)C(C)(C)C)C(C)(C)C)OCO4)C3CCCCCC)C5CCCCCC)C1CCCCCC.C[C@@H](Br)[C@@](C)(Br)CO. The first-order valence-electron chi connectivity index (χ1n) is 54.4. The van der Waals surface area contributed by atoms with E-state index in [4.69, 9.17) is 43.0 Å². The van der Waals surface area contributed by atoms with E-state index in [1.54, 1.807) is 55.4 Å². The van der Waals surface area contributed by atoms with E-state index in [0.717, 1.165) is 147 Å². The average molecular weight is 2140 g/mol. The van der Waals surface area contributed by atoms with Crippen LogP contribution in [0.25, 0.3) is 0 Å². The summed E-state index contributed by atoms with van der Waals surface area (Å²) in [7, 11) is 0. The third-order valence-corrected chi connectivity index (χ3v) is 29.1. The molecule has 0 radical (unpaired) electrons. The Labute approximate surface area is 911 Å². The van der Waals surface area contributed by atoms with Crippen molar-refractivity contribution in [3.8, 4) is 141 Å². The predicted octanol–water partition coefficient (Wildman–Crippen LogP) is 31.9. The van der Waals surface area contributed by atoms with Crippen LogP contribution in [0.2, 0.25) is 0 Å². The number of rotatable bonds is 22. The molecule has 2 atom stereocenters. The highest BCUT2D eigenvalue weighted by atomic mass is 79.9. The number of aliphatic hydroxyl groups excluding tert-OH is 1. The Kier molecular flexibility index (Phi) is 42.6. The second kappa shape index (κ2) is 50.9. The Balaban J connectivity index is 0.00000319. The van der Waals surface area contributed by atoms with Crippen molar-refractivity contribution >= 4 is 31.9 Å². The van der Waals surface area contributed by atoms with E-state index in [2.05, 4.69) is 368 Å². The molecule has 0 spiro atoms. The molecule has 0 aromatic heterocycles. The highest BCUT2D eigenvalue weighted by molar-refractivity contribution is 9.12. The molecule has 5 aliphatic rings. The molecule has 13 nitrogen and oxygen atoms in total. The van der Waals surface area contributed by atoms with Crippen molar-refractivity contribution < 1.29 is 63.4 Å². The maximum absolute atomic E-state index is 11.2. The van der Waals surface area contributed by atoms with Crippen molar-refractivity contribution in [3.63, 3.8) is 0 Å². The minimum Gasteiger partial charge on any atom is -0.456 e. The first kappa shape index (κ1) is 124. The van der Waals surface area contributed by atoms with Crippen LogP contribution >= 0.6 is 31.9 Å². The lowest BCUT2D eigenvalue weighted by Gasteiger charge is -2.36. The van der Waals surface area contributed by atoms with Gasteiger partial charge in [0.15, 0.2) is 0 Å². The van der Waals surface area contributed by atoms with Crippen LogP contribution in [0.15, 0.2) is 91.8 Å². The molecule has 148 heavy (non-hydrogen) atoms. The zero-order valence-electron chi connectivity index (χ0n) is 97.6. The monoisotopic (exact) mass is 2140 g/mol. The van der Waals surface area contributed by atoms with Crippen LogP contribution in [0.5, 0.6) is 46.0 Å². The lowest BCUT2D eigenvalue weighted by Crippen LogP contribution is -2.29. The third kappa shape index (κ3) is 35.1. The molecule has 4 aromatic rings. The van der Waals surface area contributed by atoms with Gasteiger partial charge < -0.3 is 63.4 Å². The molecule has 4 heterocycles. The van der Waals surface area contributed by atoms with E-state index in [9.17, 15) is 20.4 Å². The van der Waals surface area contributed by atoms with Gasteiger partial charge in [0.2, 0.25) is 27.2 Å². The second-order valence-electron chi connectivity index (χ2n) is 51.4. The number of benzene rings is 4. The molecule has 0 amide bonds. The Morgan fingerprint density at radius 1 is 0.270 bits per heavy atom. The van der Waals surface area contributed by atoms with Crippen molar-refractivity contribution in [3.05, 3.63) is 159 Å². The van der Waals surface area contributed by atoms with Crippen molar-refractivity contribution in [2.75, 3.05) is 33.8 Å². The van der Waals surface area contributed by atoms with Gasteiger partial charge in [-0.25, -0.2) is 0 Å². The van der Waals surface area contributed by atoms with E-state index in [0.29, 0.717) is 143 Å². The largest absolute Gasteiger partial charge is 0.456 e. The molecule has 9 rings (SSSR count). The number of aliphatic hydroxyl groups is 5. The highest BCUT2D eigenvalue weighted by Crippen LogP contribution is 2.60. The minimum absolute atomic E-state index is 0.152. The molecule has 4 aliphatic heterocycles. The van der Waals surface area contributed by atoms with Crippen molar-refractivity contribution in [2.24, 2.45) is 43.3 Å². The molecule has 15 heteroatoms. The van der Waals surface area contributed by atoms with Gasteiger partial charge in [0.1, 0.15) is 90.7 Å². The molecular weight excluding hydrogens is 1970 g/mol. The predicted molar refractivity (Wildman–Crippen MR) is 617 cm³/mol. The van der Waals surface area contributed by atoms with Crippen LogP contribution in [-0.2, 0) is 0 Å². The van der Waals surface area contributed by atoms with Gasteiger partial charge in [-0.2, -0.15) is 0 Å². The Morgan fingerprint density at radius 2 is 0.426 bits per heavy atom. The van der Waals surface area contributed by atoms with E-state index in [1.807, 2.05) is 13.8 Å². The quantitative estimate of drug-likeness (QED) is 0.0218. The van der Waals surface area contributed by atoms with Crippen LogP contribution in [0.4, 0.5) is 0 Å². The maximum atomic E-state index is 11.2. The molecule has 0 saturated heterocycles. The van der Waals surface area contributed by atoms with E-state index in [-0.39, 0.29) is 38.1 Å². The van der Waals surface area contributed by atoms with Crippen molar-refractivity contribution in [1.82, 2.24) is 0 Å². The Bertz CT molecular complexity index is 5440. The molecule has 1 aliphatic carbocycles. The zero-order valence-corrected chi connectivity index (χ0v) is 101. The Hall–Kier alpha value is -9.40. The van der Waals surface area contributed by atoms with Crippen molar-refractivity contribution in [1.29, 1.82) is 0 Å². The fourth-order valence-electron chi connectivity index (χ4n) is 17.4. The number of hydrogen-bond donors (Lipinski definition) is 5. The summed E-state index contributed by atoms with van der Waals surface area (Å²) in [4.78, 5) is 0.292. The van der Waals surface area contributed by atoms with E-state index in [1.165, 1.54) is 0 Å². The van der Waals surface area contributed by atoms with Gasteiger partial charge >= 0.3 is 0 Å². The first-order chi connectivity index (χ1) is 68.4. The van der Waals surface area contributed by atoms with Crippen LogP contribution in [0.3, 0.4) is 0 Å². The van der Waals surface area contributed by atoms with Crippen molar-refractivity contribution in [2.45, 2.75) is 447 Å². The molecule has 4 aromatic carbocycles. The summed E-state index contributed by atoms with van der Waals surface area (Å²) in [5, 5.41) is 53.7. The summed E-state index contributed by atoms with van der Waals surface area (Å²) < 4.78 is 60.8. The third-order valence-electron chi connectivity index (χ3n) is 26.5. The van der Waals surface area contributed by atoms with E-state index < -0.39 is 89.4 Å². The van der Waals surface area contributed by atoms with Crippen LogP contribution < -0.4 is 37.9 Å². The molecule has 0 saturated carbocycles. The highest BCUT2D eigenvalue weighted by Gasteiger charge is 2.44. The Morgan fingerprint density at radius 3 is 0.547 bits per heavy atom. The van der Waals surface area contributed by atoms with Crippen LogP contribution in [0.1, 0.15) is 482 Å². The van der Waals surface area contributed by atoms with Gasteiger partial charge in [0.25, 0.3) is 0 Å². The van der Waals surface area contributed by atoms with Crippen LogP contribution in [-0.4, -0.2) is 90.9 Å². The number of unbranched alkanes of at least 4 members (excludes halogenated alkanes) is 12. The summed E-state index contributed by atoms with van der Waals surface area (Å²) in [5.74, 6) is 59.0. The molecule has 0 unspecified atom stereocenters. The lowest BCUT2D eigenvalue weighted by molar-refractivity contribution is 0.0972. The van der Waals surface area contributed by atoms with Gasteiger partial charge in [-0.05, 0) is 112 Å². The van der Waals surface area contributed by atoms with Crippen LogP contribution in [0, 0.1) is 138 Å². The standard InChI is InChI=1S/C128H168O12.C5H10Br2O/c1-37-41-45-49-53-93-101-77-103-94(54-50-46-42-38-2)105-79-107-96(56-52-48-44-40-4)108-80-106-95(55-51-47-43-39-3)104-78-102(93)110-98(62-58-86(118(8,9)10)74-90(122(20,21)22)66-70-126(31,32)130)112(104)136-83-138-114(106)100(64-60-88(120(14,15)16)76-92(124(26,27)28)68-72-128(35,36)132)116(108)140-84-139-115(107)99(63-59-87(119(11,12)13)75-91(123(23,24)25)67-71-127(33,34)131)113(105)137-82-135-111(103)97(109(101)133-81-134-110)61-57-85(117(5,6)7)73-89(121(17,18)19)65-69-125(29,30)129;1-4(6)5(2,7)3-8/h77-80,93-96,129-132H,37-56,81-84H2,1-36H3;4,8H,3H2,1-2H3/t;4-,5+/m.1/s1. The summed E-state index contributed by atoms with van der Waals surface area (Å²) in [6, 6.07) is 9.61. The molecule has 5 N–H and O–H groups in total. The van der Waals surface area contributed by atoms with Gasteiger partial charge in [-0.3, -0.25) is 0 Å². The minimum atomic E-state index is -1.29. The van der Waals surface area contributed by atoms with E-state index >= 15 is 0 Å².